The van der Waals surface area contributed by atoms with Gasteiger partial charge in [0.05, 0.1) is 4.70 Å². The Morgan fingerprint density at radius 1 is 1.35 bits per heavy atom. The molecule has 0 aliphatic heterocycles. The van der Waals surface area contributed by atoms with Crippen LogP contribution in [-0.4, -0.2) is 20.6 Å². The average molecular weight is 246 g/mol. The zero-order valence-corrected chi connectivity index (χ0v) is 9.27. The Morgan fingerprint density at radius 3 is 3.00 bits per heavy atom. The molecule has 1 N–H and O–H groups in total. The van der Waals surface area contributed by atoms with Gasteiger partial charge in [0.15, 0.2) is 11.5 Å². The molecular formula is C11H6N2O3S. The Bertz CT molecular complexity index is 701. The van der Waals surface area contributed by atoms with Crippen molar-refractivity contribution >= 4 is 27.6 Å². The lowest BCUT2D eigenvalue weighted by molar-refractivity contribution is 0.0686. The van der Waals surface area contributed by atoms with Crippen LogP contribution >= 0.6 is 11.5 Å². The Balaban J connectivity index is 2.09. The third-order valence-corrected chi connectivity index (χ3v) is 3.13. The van der Waals surface area contributed by atoms with Gasteiger partial charge in [-0.2, -0.15) is 4.37 Å². The number of carbonyl (C=O) groups is 1. The maximum Gasteiger partial charge on any atom is 0.358 e. The topological polar surface area (TPSA) is 76.2 Å². The van der Waals surface area contributed by atoms with E-state index < -0.39 is 5.97 Å². The second-order valence-corrected chi connectivity index (χ2v) is 4.29. The Morgan fingerprint density at radius 2 is 2.24 bits per heavy atom. The van der Waals surface area contributed by atoms with E-state index in [4.69, 9.17) is 9.63 Å². The minimum atomic E-state index is -1.10. The van der Waals surface area contributed by atoms with Crippen molar-refractivity contribution in [3.63, 3.8) is 0 Å². The lowest BCUT2D eigenvalue weighted by Crippen LogP contribution is -1.94. The van der Waals surface area contributed by atoms with Gasteiger partial charge in [-0.25, -0.2) is 4.79 Å². The van der Waals surface area contributed by atoms with E-state index in [-0.39, 0.29) is 5.69 Å². The molecular weight excluding hydrogens is 240 g/mol. The van der Waals surface area contributed by atoms with Crippen LogP contribution in [0, 0.1) is 0 Å². The summed E-state index contributed by atoms with van der Waals surface area (Å²) in [6.07, 6.45) is 1.78. The van der Waals surface area contributed by atoms with Crippen LogP contribution in [0.4, 0.5) is 0 Å². The molecule has 2 heterocycles. The highest BCUT2D eigenvalue weighted by Crippen LogP contribution is 2.26. The predicted octanol–water partition coefficient (Wildman–Crippen LogP) is 2.65. The van der Waals surface area contributed by atoms with Gasteiger partial charge in [-0.1, -0.05) is 17.3 Å². The molecule has 0 aliphatic carbocycles. The highest BCUT2D eigenvalue weighted by Gasteiger charge is 2.12. The van der Waals surface area contributed by atoms with Crippen LogP contribution in [0.2, 0.25) is 0 Å². The summed E-state index contributed by atoms with van der Waals surface area (Å²) in [4.78, 5) is 10.7. The van der Waals surface area contributed by atoms with Crippen molar-refractivity contribution in [1.29, 1.82) is 0 Å². The molecule has 6 heteroatoms. The van der Waals surface area contributed by atoms with Gasteiger partial charge >= 0.3 is 5.97 Å². The standard InChI is InChI=1S/C11H6N2O3S/c14-11(15)8-4-9(16-13-8)6-1-2-7-5-12-17-10(7)3-6/h1-5H,(H,14,15). The summed E-state index contributed by atoms with van der Waals surface area (Å²) in [5.74, 6) is -0.656. The molecule has 0 spiro atoms. The van der Waals surface area contributed by atoms with Gasteiger partial charge in [-0.15, -0.1) is 0 Å². The van der Waals surface area contributed by atoms with Crippen LogP contribution in [-0.2, 0) is 0 Å². The van der Waals surface area contributed by atoms with Crippen molar-refractivity contribution in [3.05, 3.63) is 36.2 Å². The molecule has 3 rings (SSSR count). The second kappa shape index (κ2) is 3.67. The molecule has 0 unspecified atom stereocenters. The van der Waals surface area contributed by atoms with Gasteiger partial charge < -0.3 is 9.63 Å². The minimum absolute atomic E-state index is 0.0931. The predicted molar refractivity (Wildman–Crippen MR) is 62.1 cm³/mol. The first-order valence-electron chi connectivity index (χ1n) is 4.79. The van der Waals surface area contributed by atoms with Crippen molar-refractivity contribution in [2.45, 2.75) is 0 Å². The SMILES string of the molecule is O=C(O)c1cc(-c2ccc3cnsc3c2)on1. The Kier molecular flexibility index (Phi) is 2.15. The summed E-state index contributed by atoms with van der Waals surface area (Å²) in [5.41, 5.74) is 0.700. The minimum Gasteiger partial charge on any atom is -0.476 e. The molecule has 0 fully saturated rings. The van der Waals surface area contributed by atoms with E-state index in [9.17, 15) is 4.79 Å². The number of hydrogen-bond acceptors (Lipinski definition) is 5. The van der Waals surface area contributed by atoms with E-state index in [1.54, 1.807) is 6.20 Å². The van der Waals surface area contributed by atoms with Crippen LogP contribution in [0.3, 0.4) is 0 Å². The van der Waals surface area contributed by atoms with Crippen LogP contribution in [0.25, 0.3) is 21.4 Å². The Hall–Kier alpha value is -2.21. The van der Waals surface area contributed by atoms with E-state index in [0.717, 1.165) is 15.6 Å². The molecule has 0 radical (unpaired) electrons. The molecule has 5 nitrogen and oxygen atoms in total. The third kappa shape index (κ3) is 1.68. The zero-order chi connectivity index (χ0) is 11.8. The lowest BCUT2D eigenvalue weighted by Gasteiger charge is -1.94. The fourth-order valence-corrected chi connectivity index (χ4v) is 2.21. The number of aromatic carboxylic acids is 1. The maximum absolute atomic E-state index is 10.7. The number of nitrogens with zero attached hydrogens (tertiary/aromatic N) is 2. The summed E-state index contributed by atoms with van der Waals surface area (Å²) in [6.45, 7) is 0. The second-order valence-electron chi connectivity index (χ2n) is 3.46. The number of carboxylic acids is 1. The summed E-state index contributed by atoms with van der Waals surface area (Å²) in [6, 6.07) is 7.07. The van der Waals surface area contributed by atoms with E-state index in [1.807, 2.05) is 18.2 Å². The number of aromatic nitrogens is 2. The van der Waals surface area contributed by atoms with Gasteiger partial charge in [0.1, 0.15) is 0 Å². The van der Waals surface area contributed by atoms with Gasteiger partial charge in [-0.05, 0) is 17.6 Å². The molecule has 0 amide bonds. The van der Waals surface area contributed by atoms with E-state index >= 15 is 0 Å². The number of carboxylic acid groups (broad SMARTS) is 1. The van der Waals surface area contributed by atoms with Crippen LogP contribution in [0.1, 0.15) is 10.5 Å². The van der Waals surface area contributed by atoms with E-state index in [1.165, 1.54) is 17.6 Å². The molecule has 2 aromatic heterocycles. The molecule has 0 aliphatic rings. The van der Waals surface area contributed by atoms with Gasteiger partial charge in [0, 0.05) is 23.2 Å². The quantitative estimate of drug-likeness (QED) is 0.752. The number of hydrogen-bond donors (Lipinski definition) is 1. The van der Waals surface area contributed by atoms with Crippen molar-refractivity contribution < 1.29 is 14.4 Å². The Labute approximate surface area is 99.5 Å². The molecule has 3 aromatic rings. The van der Waals surface area contributed by atoms with Crippen LogP contribution < -0.4 is 0 Å². The summed E-state index contributed by atoms with van der Waals surface area (Å²) in [7, 11) is 0. The first kappa shape index (κ1) is 9.98. The van der Waals surface area contributed by atoms with Crippen molar-refractivity contribution in [1.82, 2.24) is 9.53 Å². The smallest absolute Gasteiger partial charge is 0.358 e. The van der Waals surface area contributed by atoms with Gasteiger partial charge in [0.25, 0.3) is 0 Å². The van der Waals surface area contributed by atoms with Crippen molar-refractivity contribution in [3.8, 4) is 11.3 Å². The van der Waals surface area contributed by atoms with E-state index in [0.29, 0.717) is 5.76 Å². The molecule has 0 saturated heterocycles. The largest absolute Gasteiger partial charge is 0.476 e. The summed E-state index contributed by atoms with van der Waals surface area (Å²) >= 11 is 1.38. The van der Waals surface area contributed by atoms with E-state index in [2.05, 4.69) is 9.53 Å². The zero-order valence-electron chi connectivity index (χ0n) is 8.45. The maximum atomic E-state index is 10.7. The first-order valence-corrected chi connectivity index (χ1v) is 5.56. The number of rotatable bonds is 2. The molecule has 0 bridgehead atoms. The fraction of sp³-hybridized carbons (Fsp3) is 0. The number of benzene rings is 1. The summed E-state index contributed by atoms with van der Waals surface area (Å²) < 4.78 is 10.1. The van der Waals surface area contributed by atoms with Crippen molar-refractivity contribution in [2.24, 2.45) is 0 Å². The molecule has 1 aromatic carbocycles. The molecule has 17 heavy (non-hydrogen) atoms. The van der Waals surface area contributed by atoms with Crippen LogP contribution in [0.5, 0.6) is 0 Å². The third-order valence-electron chi connectivity index (χ3n) is 2.37. The number of fused-ring (bicyclic) bond motifs is 1. The van der Waals surface area contributed by atoms with Gasteiger partial charge in [-0.3, -0.25) is 0 Å². The normalized spacial score (nSPS) is 10.8. The lowest BCUT2D eigenvalue weighted by atomic mass is 10.1. The highest BCUT2D eigenvalue weighted by molar-refractivity contribution is 7.13. The first-order chi connectivity index (χ1) is 8.24. The monoisotopic (exact) mass is 246 g/mol. The molecule has 84 valence electrons. The summed E-state index contributed by atoms with van der Waals surface area (Å²) in [5, 5.41) is 13.3. The van der Waals surface area contributed by atoms with Crippen molar-refractivity contribution in [2.75, 3.05) is 0 Å². The molecule has 0 saturated carbocycles. The van der Waals surface area contributed by atoms with Gasteiger partial charge in [0.2, 0.25) is 0 Å². The molecule has 0 atom stereocenters. The fourth-order valence-electron chi connectivity index (χ4n) is 1.53. The highest BCUT2D eigenvalue weighted by atomic mass is 32.1. The van der Waals surface area contributed by atoms with Crippen LogP contribution in [0.15, 0.2) is 35.0 Å². The average Bonchev–Trinajstić information content (AvgIpc) is 2.97.